The summed E-state index contributed by atoms with van der Waals surface area (Å²) in [5, 5.41) is 3.02. The van der Waals surface area contributed by atoms with Gasteiger partial charge in [-0.15, -0.1) is 0 Å². The number of nitrogens with zero attached hydrogens (tertiary/aromatic N) is 1. The highest BCUT2D eigenvalue weighted by Crippen LogP contribution is 2.34. The van der Waals surface area contributed by atoms with Gasteiger partial charge in [0.05, 0.1) is 10.4 Å². The molecule has 8 heteroatoms. The Morgan fingerprint density at radius 2 is 1.81 bits per heavy atom. The summed E-state index contributed by atoms with van der Waals surface area (Å²) < 4.78 is 39.1. The van der Waals surface area contributed by atoms with E-state index < -0.39 is 15.6 Å². The van der Waals surface area contributed by atoms with Crippen molar-refractivity contribution in [3.63, 3.8) is 0 Å². The zero-order valence-electron chi connectivity index (χ0n) is 18.8. The molecule has 0 aliphatic carbocycles. The number of ether oxygens (including phenoxy) is 2. The molecule has 0 radical (unpaired) electrons. The van der Waals surface area contributed by atoms with Crippen molar-refractivity contribution in [3.05, 3.63) is 53.6 Å². The number of nitrogens with one attached hydrogen (secondary N) is 1. The van der Waals surface area contributed by atoms with Crippen molar-refractivity contribution >= 4 is 15.9 Å². The fourth-order valence-corrected chi connectivity index (χ4v) is 5.97. The van der Waals surface area contributed by atoms with E-state index in [4.69, 9.17) is 9.47 Å². The maximum Gasteiger partial charge on any atom is 0.251 e. The van der Waals surface area contributed by atoms with E-state index in [0.29, 0.717) is 36.8 Å². The number of amides is 1. The molecule has 2 aliphatic heterocycles. The number of piperidine rings is 1. The summed E-state index contributed by atoms with van der Waals surface area (Å²) in [6, 6.07) is 11.8. The van der Waals surface area contributed by atoms with Crippen molar-refractivity contribution in [2.45, 2.75) is 56.5 Å². The smallest absolute Gasteiger partial charge is 0.251 e. The molecule has 1 unspecified atom stereocenters. The average molecular weight is 459 g/mol. The molecule has 0 bridgehead atoms. The number of rotatable bonds is 5. The van der Waals surface area contributed by atoms with Gasteiger partial charge in [-0.2, -0.15) is 4.31 Å². The molecule has 2 aliphatic rings. The van der Waals surface area contributed by atoms with Crippen LogP contribution in [-0.4, -0.2) is 44.4 Å². The molecule has 7 nitrogen and oxygen atoms in total. The van der Waals surface area contributed by atoms with Crippen molar-refractivity contribution in [2.75, 3.05) is 19.8 Å². The highest BCUT2D eigenvalue weighted by atomic mass is 32.2. The van der Waals surface area contributed by atoms with Crippen LogP contribution in [0.25, 0.3) is 0 Å². The van der Waals surface area contributed by atoms with Gasteiger partial charge < -0.3 is 14.8 Å². The van der Waals surface area contributed by atoms with Gasteiger partial charge in [0, 0.05) is 18.2 Å². The zero-order valence-corrected chi connectivity index (χ0v) is 19.6. The number of hydrogen-bond acceptors (Lipinski definition) is 5. The Morgan fingerprint density at radius 3 is 2.56 bits per heavy atom. The Hall–Kier alpha value is -2.58. The summed E-state index contributed by atoms with van der Waals surface area (Å²) in [6.07, 6.45) is 2.74. The predicted octanol–water partition coefficient (Wildman–Crippen LogP) is 3.69. The molecule has 1 fully saturated rings. The summed E-state index contributed by atoms with van der Waals surface area (Å²) in [5.41, 5.74) is 0.464. The molecular formula is C24H30N2O5S. The van der Waals surface area contributed by atoms with Crippen LogP contribution >= 0.6 is 0 Å². The Bertz CT molecular complexity index is 1110. The first-order chi connectivity index (χ1) is 15.2. The third kappa shape index (κ3) is 4.47. The third-order valence-corrected chi connectivity index (χ3v) is 8.14. The lowest BCUT2D eigenvalue weighted by molar-refractivity contribution is 0.0911. The van der Waals surface area contributed by atoms with E-state index in [1.54, 1.807) is 22.5 Å². The fraction of sp³-hybridized carbons (Fsp3) is 0.458. The number of fused-ring (bicyclic) bond motifs is 1. The van der Waals surface area contributed by atoms with Crippen molar-refractivity contribution in [3.8, 4) is 11.5 Å². The minimum Gasteiger partial charge on any atom is -0.486 e. The van der Waals surface area contributed by atoms with Crippen LogP contribution in [0.5, 0.6) is 11.5 Å². The maximum atomic E-state index is 13.2. The lowest BCUT2D eigenvalue weighted by Crippen LogP contribution is -2.42. The lowest BCUT2D eigenvalue weighted by atomic mass is 9.93. The second kappa shape index (κ2) is 8.75. The van der Waals surface area contributed by atoms with Gasteiger partial charge in [-0.1, -0.05) is 18.6 Å². The molecular weight excluding hydrogens is 428 g/mol. The molecule has 4 rings (SSSR count). The van der Waals surface area contributed by atoms with Crippen LogP contribution in [0.15, 0.2) is 47.4 Å². The van der Waals surface area contributed by atoms with Crippen LogP contribution in [0.4, 0.5) is 0 Å². The first kappa shape index (κ1) is 22.6. The van der Waals surface area contributed by atoms with Gasteiger partial charge >= 0.3 is 0 Å². The largest absolute Gasteiger partial charge is 0.486 e. The van der Waals surface area contributed by atoms with Crippen molar-refractivity contribution < 1.29 is 22.7 Å². The van der Waals surface area contributed by atoms with Gasteiger partial charge in [0.15, 0.2) is 11.5 Å². The molecule has 172 valence electrons. The molecule has 1 saturated heterocycles. The molecule has 2 heterocycles. The maximum absolute atomic E-state index is 13.2. The normalized spacial score (nSPS) is 19.4. The van der Waals surface area contributed by atoms with E-state index >= 15 is 0 Å². The summed E-state index contributed by atoms with van der Waals surface area (Å²) in [4.78, 5) is 13.2. The van der Waals surface area contributed by atoms with Crippen molar-refractivity contribution in [2.24, 2.45) is 0 Å². The summed E-state index contributed by atoms with van der Waals surface area (Å²) in [7, 11) is -3.65. The molecule has 1 N–H and O–H groups in total. The van der Waals surface area contributed by atoms with E-state index in [0.717, 1.165) is 24.8 Å². The first-order valence-electron chi connectivity index (χ1n) is 11.0. The van der Waals surface area contributed by atoms with E-state index in [9.17, 15) is 13.2 Å². The number of benzene rings is 2. The van der Waals surface area contributed by atoms with Gasteiger partial charge in [-0.05, 0) is 69.5 Å². The molecule has 32 heavy (non-hydrogen) atoms. The Kier molecular flexibility index (Phi) is 6.18. The van der Waals surface area contributed by atoms with Gasteiger partial charge in [-0.25, -0.2) is 8.42 Å². The van der Waals surface area contributed by atoms with Crippen LogP contribution in [0.2, 0.25) is 0 Å². The third-order valence-electron chi connectivity index (χ3n) is 6.13. The highest BCUT2D eigenvalue weighted by Gasteiger charge is 2.32. The number of hydrogen-bond donors (Lipinski definition) is 1. The summed E-state index contributed by atoms with van der Waals surface area (Å²) in [6.45, 7) is 7.24. The average Bonchev–Trinajstić information content (AvgIpc) is 2.78. The van der Waals surface area contributed by atoms with E-state index in [2.05, 4.69) is 5.32 Å². The molecule has 1 atom stereocenters. The van der Waals surface area contributed by atoms with E-state index in [1.165, 1.54) is 6.07 Å². The molecule has 1 amide bonds. The van der Waals surface area contributed by atoms with Crippen molar-refractivity contribution in [1.82, 2.24) is 9.62 Å². The van der Waals surface area contributed by atoms with Crippen LogP contribution in [0.3, 0.4) is 0 Å². The molecule has 0 saturated carbocycles. The van der Waals surface area contributed by atoms with Crippen LogP contribution in [-0.2, 0) is 15.6 Å². The monoisotopic (exact) mass is 458 g/mol. The molecule has 0 spiro atoms. The zero-order chi connectivity index (χ0) is 22.9. The Morgan fingerprint density at radius 1 is 1.06 bits per heavy atom. The second-order valence-corrected chi connectivity index (χ2v) is 10.8. The SMILES string of the molecule is CC1CCCCN1S(=O)(=O)c1cccc(C(=O)NC(C)(C)c2ccc3c(c2)OCCO3)c1. The number of carbonyl (C=O) groups excluding carboxylic acids is 1. The predicted molar refractivity (Wildman–Crippen MR) is 122 cm³/mol. The first-order valence-corrected chi connectivity index (χ1v) is 12.5. The highest BCUT2D eigenvalue weighted by molar-refractivity contribution is 7.89. The minimum absolute atomic E-state index is 0.0413. The van der Waals surface area contributed by atoms with Crippen molar-refractivity contribution in [1.29, 1.82) is 0 Å². The van der Waals surface area contributed by atoms with Gasteiger partial charge in [0.2, 0.25) is 10.0 Å². The summed E-state index contributed by atoms with van der Waals surface area (Å²) >= 11 is 0. The van der Waals surface area contributed by atoms with E-state index in [1.807, 2.05) is 39.0 Å². The molecule has 0 aromatic heterocycles. The van der Waals surface area contributed by atoms with Crippen LogP contribution in [0, 0.1) is 0 Å². The standard InChI is InChI=1S/C24H30N2O5S/c1-17-7-4-5-12-26(17)32(28,29)20-9-6-8-18(15-20)23(27)25-24(2,3)19-10-11-21-22(16-19)31-14-13-30-21/h6,8-11,15-17H,4-5,7,12-14H2,1-3H3,(H,25,27). The fourth-order valence-electron chi connectivity index (χ4n) is 4.22. The van der Waals surface area contributed by atoms with Crippen LogP contribution < -0.4 is 14.8 Å². The number of sulfonamides is 1. The topological polar surface area (TPSA) is 84.9 Å². The van der Waals surface area contributed by atoms with E-state index in [-0.39, 0.29) is 16.8 Å². The second-order valence-electron chi connectivity index (χ2n) is 8.93. The Balaban J connectivity index is 1.55. The Labute approximate surface area is 189 Å². The summed E-state index contributed by atoms with van der Waals surface area (Å²) in [5.74, 6) is 1.00. The van der Waals surface area contributed by atoms with Crippen LogP contribution in [0.1, 0.15) is 56.0 Å². The van der Waals surface area contributed by atoms with Gasteiger partial charge in [0.25, 0.3) is 5.91 Å². The number of carbonyl (C=O) groups is 1. The van der Waals surface area contributed by atoms with Gasteiger partial charge in [0.1, 0.15) is 13.2 Å². The molecule has 2 aromatic carbocycles. The quantitative estimate of drug-likeness (QED) is 0.739. The van der Waals surface area contributed by atoms with Gasteiger partial charge in [-0.3, -0.25) is 4.79 Å². The minimum atomic E-state index is -3.65. The lowest BCUT2D eigenvalue weighted by Gasteiger charge is -2.32. The molecule has 2 aromatic rings.